The Morgan fingerprint density at radius 3 is 2.88 bits per heavy atom. The summed E-state index contributed by atoms with van der Waals surface area (Å²) in [5.41, 5.74) is 10.1. The number of fused-ring (bicyclic) bond motifs is 4. The lowest BCUT2D eigenvalue weighted by Gasteiger charge is -2.19. The number of aromatic nitrogens is 6. The average molecular weight is 446 g/mol. The van der Waals surface area contributed by atoms with E-state index in [2.05, 4.69) is 32.2 Å². The van der Waals surface area contributed by atoms with E-state index < -0.39 is 0 Å². The average Bonchev–Trinajstić information content (AvgIpc) is 3.47. The van der Waals surface area contributed by atoms with E-state index in [1.165, 1.54) is 12.1 Å². The molecule has 5 aromatic rings. The van der Waals surface area contributed by atoms with Crippen LogP contribution in [0.3, 0.4) is 0 Å². The summed E-state index contributed by atoms with van der Waals surface area (Å²) in [5.74, 6) is 1.42. The second-order valence-corrected chi connectivity index (χ2v) is 8.72. The molecule has 0 amide bonds. The number of rotatable bonds is 4. The van der Waals surface area contributed by atoms with E-state index in [9.17, 15) is 4.39 Å². The van der Waals surface area contributed by atoms with Gasteiger partial charge in [0.05, 0.1) is 28.7 Å². The van der Waals surface area contributed by atoms with Gasteiger partial charge in [0.25, 0.3) is 0 Å². The molecule has 0 radical (unpaired) electrons. The van der Waals surface area contributed by atoms with Crippen LogP contribution >= 0.6 is 0 Å². The molecule has 0 aliphatic carbocycles. The monoisotopic (exact) mass is 445 g/mol. The van der Waals surface area contributed by atoms with Crippen LogP contribution in [0.2, 0.25) is 0 Å². The Balaban J connectivity index is 1.54. The molecule has 1 fully saturated rings. The summed E-state index contributed by atoms with van der Waals surface area (Å²) in [6.07, 6.45) is 4.05. The zero-order valence-corrected chi connectivity index (χ0v) is 18.4. The number of hydrogen-bond acceptors (Lipinski definition) is 7. The summed E-state index contributed by atoms with van der Waals surface area (Å²) in [6.45, 7) is 3.61. The summed E-state index contributed by atoms with van der Waals surface area (Å²) in [6, 6.07) is 6.84. The highest BCUT2D eigenvalue weighted by Gasteiger charge is 2.30. The number of halogens is 1. The van der Waals surface area contributed by atoms with Crippen molar-refractivity contribution >= 4 is 39.1 Å². The number of anilines is 2. The third kappa shape index (κ3) is 3.25. The Labute approximate surface area is 188 Å². The van der Waals surface area contributed by atoms with Gasteiger partial charge >= 0.3 is 0 Å². The van der Waals surface area contributed by atoms with Gasteiger partial charge in [0, 0.05) is 50.0 Å². The molecule has 1 aromatic carbocycles. The molecular weight excluding hydrogens is 421 g/mol. The zero-order valence-electron chi connectivity index (χ0n) is 18.4. The maximum atomic E-state index is 14.4. The van der Waals surface area contributed by atoms with E-state index in [4.69, 9.17) is 15.7 Å². The number of hydrogen-bond donors (Lipinski definition) is 3. The molecule has 0 bridgehead atoms. The van der Waals surface area contributed by atoms with Crippen LogP contribution in [0.1, 0.15) is 18.4 Å². The minimum atomic E-state index is -0.313. The van der Waals surface area contributed by atoms with Gasteiger partial charge in [0.15, 0.2) is 5.65 Å². The predicted octanol–water partition coefficient (Wildman–Crippen LogP) is 2.71. The van der Waals surface area contributed by atoms with Gasteiger partial charge in [0.2, 0.25) is 0 Å². The summed E-state index contributed by atoms with van der Waals surface area (Å²) in [5, 5.41) is 9.22. The molecule has 168 valence electrons. The van der Waals surface area contributed by atoms with Crippen LogP contribution in [-0.2, 0) is 6.42 Å². The molecule has 1 aliphatic rings. The van der Waals surface area contributed by atoms with Crippen LogP contribution in [0.25, 0.3) is 27.6 Å². The van der Waals surface area contributed by atoms with Gasteiger partial charge in [-0.05, 0) is 24.1 Å². The van der Waals surface area contributed by atoms with Crippen molar-refractivity contribution < 1.29 is 4.39 Å². The molecule has 1 aliphatic heterocycles. The number of nitrogens with zero attached hydrogens (tertiary/aromatic N) is 6. The Bertz CT molecular complexity index is 1460. The van der Waals surface area contributed by atoms with E-state index >= 15 is 0 Å². The zero-order chi connectivity index (χ0) is 22.7. The Kier molecular flexibility index (Phi) is 4.44. The maximum absolute atomic E-state index is 14.4. The van der Waals surface area contributed by atoms with Crippen molar-refractivity contribution in [3.8, 4) is 0 Å². The number of aromatic amines is 1. The summed E-state index contributed by atoms with van der Waals surface area (Å²) >= 11 is 0. The van der Waals surface area contributed by atoms with Crippen molar-refractivity contribution in [2.24, 2.45) is 11.7 Å². The van der Waals surface area contributed by atoms with Crippen molar-refractivity contribution in [3.63, 3.8) is 0 Å². The number of nitrogens with one attached hydrogen (secondary N) is 2. The standard InChI is InChI=1S/C23H24FN9/c1-12-10-32(11-16(12)25)23-20-15-6-13(24)7-17(26-2)21(15)30-22(20)28-18(29-23)8-14-9-19-27-4-3-5-33(19)31-14/h3-7,9,12,16,26H,8,10-11,25H2,1-2H3,(H,28,29,30). The van der Waals surface area contributed by atoms with Gasteiger partial charge in [-0.1, -0.05) is 6.92 Å². The highest BCUT2D eigenvalue weighted by Crippen LogP contribution is 2.37. The first-order chi connectivity index (χ1) is 16.0. The normalized spacial score (nSPS) is 18.7. The maximum Gasteiger partial charge on any atom is 0.155 e. The highest BCUT2D eigenvalue weighted by molar-refractivity contribution is 6.14. The third-order valence-electron chi connectivity index (χ3n) is 6.42. The number of benzene rings is 1. The molecule has 4 N–H and O–H groups in total. The van der Waals surface area contributed by atoms with Crippen LogP contribution in [0.15, 0.2) is 36.7 Å². The second kappa shape index (κ2) is 7.38. The van der Waals surface area contributed by atoms with Gasteiger partial charge in [-0.25, -0.2) is 23.9 Å². The van der Waals surface area contributed by atoms with E-state index in [-0.39, 0.29) is 11.9 Å². The second-order valence-electron chi connectivity index (χ2n) is 8.72. The Hall–Kier alpha value is -3.79. The summed E-state index contributed by atoms with van der Waals surface area (Å²) in [4.78, 5) is 19.7. The van der Waals surface area contributed by atoms with Crippen LogP contribution in [-0.4, -0.2) is 55.7 Å². The van der Waals surface area contributed by atoms with Gasteiger partial charge in [-0.3, -0.25) is 0 Å². The Morgan fingerprint density at radius 1 is 1.24 bits per heavy atom. The van der Waals surface area contributed by atoms with Crippen LogP contribution in [0.4, 0.5) is 15.9 Å². The fourth-order valence-corrected chi connectivity index (χ4v) is 4.69. The smallest absolute Gasteiger partial charge is 0.155 e. The molecule has 9 nitrogen and oxygen atoms in total. The van der Waals surface area contributed by atoms with E-state index in [0.717, 1.165) is 40.0 Å². The first-order valence-electron chi connectivity index (χ1n) is 11.0. The predicted molar refractivity (Wildman–Crippen MR) is 126 cm³/mol. The van der Waals surface area contributed by atoms with Crippen molar-refractivity contribution in [2.75, 3.05) is 30.4 Å². The molecule has 2 atom stereocenters. The summed E-state index contributed by atoms with van der Waals surface area (Å²) < 4.78 is 16.2. The molecule has 4 aromatic heterocycles. The number of H-pyrrole nitrogens is 1. The van der Waals surface area contributed by atoms with Crippen molar-refractivity contribution in [1.29, 1.82) is 0 Å². The highest BCUT2D eigenvalue weighted by atomic mass is 19.1. The fraction of sp³-hybridized carbons (Fsp3) is 0.304. The lowest BCUT2D eigenvalue weighted by atomic mass is 10.1. The minimum absolute atomic E-state index is 0.0535. The first-order valence-corrected chi connectivity index (χ1v) is 11.0. The van der Waals surface area contributed by atoms with E-state index in [1.807, 2.05) is 18.3 Å². The quantitative estimate of drug-likeness (QED) is 0.390. The SMILES string of the molecule is CNc1cc(F)cc2c1[nH]c1nc(Cc3cc4ncccn4n3)nc(N3CC(C)C(N)C3)c12. The largest absolute Gasteiger partial charge is 0.386 e. The van der Waals surface area contributed by atoms with Crippen molar-refractivity contribution in [1.82, 2.24) is 29.5 Å². The molecular formula is C23H24FN9. The molecule has 0 spiro atoms. The Morgan fingerprint density at radius 2 is 2.12 bits per heavy atom. The molecule has 2 unspecified atom stereocenters. The van der Waals surface area contributed by atoms with E-state index in [1.54, 1.807) is 17.8 Å². The van der Waals surface area contributed by atoms with Crippen molar-refractivity contribution in [3.05, 3.63) is 54.0 Å². The lowest BCUT2D eigenvalue weighted by Crippen LogP contribution is -2.29. The van der Waals surface area contributed by atoms with Crippen molar-refractivity contribution in [2.45, 2.75) is 19.4 Å². The number of nitrogens with two attached hydrogens (primary N) is 1. The van der Waals surface area contributed by atoms with E-state index in [0.29, 0.717) is 36.0 Å². The first kappa shape index (κ1) is 19.9. The van der Waals surface area contributed by atoms with Gasteiger partial charge in [0.1, 0.15) is 23.1 Å². The van der Waals surface area contributed by atoms with Crippen LogP contribution in [0, 0.1) is 11.7 Å². The fourth-order valence-electron chi connectivity index (χ4n) is 4.69. The molecule has 5 heterocycles. The van der Waals surface area contributed by atoms with Crippen LogP contribution in [0.5, 0.6) is 0 Å². The molecule has 1 saturated heterocycles. The van der Waals surface area contributed by atoms with Gasteiger partial charge in [-0.15, -0.1) is 0 Å². The molecule has 6 rings (SSSR count). The molecule has 10 heteroatoms. The molecule has 0 saturated carbocycles. The molecule has 33 heavy (non-hydrogen) atoms. The van der Waals surface area contributed by atoms with Gasteiger partial charge in [-0.2, -0.15) is 5.10 Å². The topological polar surface area (TPSA) is 113 Å². The lowest BCUT2D eigenvalue weighted by molar-refractivity contribution is 0.566. The minimum Gasteiger partial charge on any atom is -0.386 e. The van der Waals surface area contributed by atoms with Crippen LogP contribution < -0.4 is 16.0 Å². The third-order valence-corrected chi connectivity index (χ3v) is 6.42. The summed E-state index contributed by atoms with van der Waals surface area (Å²) in [7, 11) is 1.77. The van der Waals surface area contributed by atoms with Gasteiger partial charge < -0.3 is 20.9 Å².